The number of fused-ring (bicyclic) bond motifs is 1. The molecular weight excluding hydrogens is 360 g/mol. The van der Waals surface area contributed by atoms with Crippen LogP contribution < -0.4 is 21.3 Å². The number of carbonyl (C=O) groups excluding carboxylic acids is 1. The molecule has 144 valence electrons. The molecule has 27 heavy (non-hydrogen) atoms. The first-order valence-corrected chi connectivity index (χ1v) is 10.3. The van der Waals surface area contributed by atoms with E-state index in [1.807, 2.05) is 0 Å². The number of nitrogens with one attached hydrogen (secondary N) is 2. The molecule has 0 atom stereocenters. The number of aromatic nitrogens is 2. The molecule has 8 heteroatoms. The van der Waals surface area contributed by atoms with Gasteiger partial charge in [0.25, 0.3) is 0 Å². The van der Waals surface area contributed by atoms with Crippen molar-refractivity contribution in [2.75, 3.05) is 36.4 Å². The highest BCUT2D eigenvalue weighted by molar-refractivity contribution is 7.11. The van der Waals surface area contributed by atoms with Crippen LogP contribution in [0.2, 0.25) is 0 Å². The number of aryl methyl sites for hydroxylation is 1. The third-order valence-corrected chi connectivity index (χ3v) is 6.70. The summed E-state index contributed by atoms with van der Waals surface area (Å²) in [5.74, 6) is 2.02. The smallest absolute Gasteiger partial charge is 0.227 e. The number of hydrogen-bond acceptors (Lipinski definition) is 7. The highest BCUT2D eigenvalue weighted by Gasteiger charge is 2.41. The standard InChI is InChI=1S/C19H26N6OS/c1-13-2-3-14(27-13)10-22-18(26)19(11-20)5-8-25(9-6-19)17-15-4-7-21-16(15)23-12-24-17/h2-3,12H,4-11,20H2,1H3,(H,22,26)(H,21,23,24). The van der Waals surface area contributed by atoms with Gasteiger partial charge in [0.2, 0.25) is 5.91 Å². The average Bonchev–Trinajstić information content (AvgIpc) is 3.34. The minimum Gasteiger partial charge on any atom is -0.369 e. The van der Waals surface area contributed by atoms with E-state index in [-0.39, 0.29) is 5.91 Å². The summed E-state index contributed by atoms with van der Waals surface area (Å²) >= 11 is 1.72. The molecule has 0 aromatic carbocycles. The van der Waals surface area contributed by atoms with Crippen LogP contribution in [0.25, 0.3) is 0 Å². The highest BCUT2D eigenvalue weighted by atomic mass is 32.1. The van der Waals surface area contributed by atoms with E-state index in [1.54, 1.807) is 17.7 Å². The Labute approximate surface area is 163 Å². The van der Waals surface area contributed by atoms with Crippen molar-refractivity contribution in [1.82, 2.24) is 15.3 Å². The van der Waals surface area contributed by atoms with Crippen molar-refractivity contribution in [3.05, 3.63) is 33.8 Å². The van der Waals surface area contributed by atoms with Crippen molar-refractivity contribution >= 4 is 28.9 Å². The normalized spacial score (nSPS) is 18.1. The summed E-state index contributed by atoms with van der Waals surface area (Å²) in [6, 6.07) is 4.15. The largest absolute Gasteiger partial charge is 0.369 e. The Morgan fingerprint density at radius 2 is 2.19 bits per heavy atom. The van der Waals surface area contributed by atoms with E-state index in [0.717, 1.165) is 50.5 Å². The average molecular weight is 387 g/mol. The fourth-order valence-electron chi connectivity index (χ4n) is 3.97. The molecule has 2 aromatic rings. The second-order valence-electron chi connectivity index (χ2n) is 7.37. The van der Waals surface area contributed by atoms with Crippen molar-refractivity contribution in [2.45, 2.75) is 32.7 Å². The van der Waals surface area contributed by atoms with Gasteiger partial charge >= 0.3 is 0 Å². The molecule has 0 aliphatic carbocycles. The first-order valence-electron chi connectivity index (χ1n) is 9.48. The van der Waals surface area contributed by atoms with Crippen molar-refractivity contribution in [3.63, 3.8) is 0 Å². The lowest BCUT2D eigenvalue weighted by atomic mass is 9.77. The molecule has 0 unspecified atom stereocenters. The Morgan fingerprint density at radius 1 is 1.37 bits per heavy atom. The van der Waals surface area contributed by atoms with Gasteiger partial charge in [-0.2, -0.15) is 0 Å². The number of anilines is 2. The van der Waals surface area contributed by atoms with Crippen LogP contribution in [0.1, 0.15) is 28.2 Å². The number of amides is 1. The molecule has 1 amide bonds. The van der Waals surface area contributed by atoms with Gasteiger partial charge in [-0.05, 0) is 38.3 Å². The van der Waals surface area contributed by atoms with Crippen LogP contribution in [0.5, 0.6) is 0 Å². The van der Waals surface area contributed by atoms with Crippen LogP contribution in [-0.4, -0.2) is 42.1 Å². The fourth-order valence-corrected chi connectivity index (χ4v) is 4.80. The van der Waals surface area contributed by atoms with Gasteiger partial charge in [0.1, 0.15) is 18.0 Å². The maximum Gasteiger partial charge on any atom is 0.227 e. The van der Waals surface area contributed by atoms with E-state index in [1.165, 1.54) is 15.3 Å². The lowest BCUT2D eigenvalue weighted by molar-refractivity contribution is -0.131. The van der Waals surface area contributed by atoms with Crippen molar-refractivity contribution in [2.24, 2.45) is 11.1 Å². The summed E-state index contributed by atoms with van der Waals surface area (Å²) in [7, 11) is 0. The number of hydrogen-bond donors (Lipinski definition) is 3. The zero-order chi connectivity index (χ0) is 18.9. The van der Waals surface area contributed by atoms with Gasteiger partial charge in [0.05, 0.1) is 12.0 Å². The quantitative estimate of drug-likeness (QED) is 0.723. The molecule has 0 radical (unpaired) electrons. The number of rotatable bonds is 5. The fraction of sp³-hybridized carbons (Fsp3) is 0.526. The summed E-state index contributed by atoms with van der Waals surface area (Å²) in [6.45, 7) is 5.50. The summed E-state index contributed by atoms with van der Waals surface area (Å²) in [5.41, 5.74) is 6.78. The predicted molar refractivity (Wildman–Crippen MR) is 108 cm³/mol. The molecule has 4 N–H and O–H groups in total. The molecule has 2 aliphatic heterocycles. The predicted octanol–water partition coefficient (Wildman–Crippen LogP) is 1.68. The lowest BCUT2D eigenvalue weighted by Crippen LogP contribution is -2.52. The third kappa shape index (κ3) is 3.51. The molecule has 0 bridgehead atoms. The molecule has 7 nitrogen and oxygen atoms in total. The summed E-state index contributed by atoms with van der Waals surface area (Å²) in [6.07, 6.45) is 4.05. The molecule has 2 aliphatic rings. The Balaban J connectivity index is 1.41. The van der Waals surface area contributed by atoms with Crippen molar-refractivity contribution in [1.29, 1.82) is 0 Å². The number of thiophene rings is 1. The second kappa shape index (κ2) is 7.44. The van der Waals surface area contributed by atoms with Crippen LogP contribution in [-0.2, 0) is 17.8 Å². The van der Waals surface area contributed by atoms with E-state index in [0.29, 0.717) is 13.1 Å². The Morgan fingerprint density at radius 3 is 2.89 bits per heavy atom. The van der Waals surface area contributed by atoms with E-state index >= 15 is 0 Å². The Bertz CT molecular complexity index is 827. The zero-order valence-corrected chi connectivity index (χ0v) is 16.4. The monoisotopic (exact) mass is 386 g/mol. The molecule has 4 heterocycles. The Hall–Kier alpha value is -2.19. The van der Waals surface area contributed by atoms with Crippen molar-refractivity contribution < 1.29 is 4.79 Å². The van der Waals surface area contributed by atoms with E-state index in [4.69, 9.17) is 5.73 Å². The van der Waals surface area contributed by atoms with E-state index < -0.39 is 5.41 Å². The minimum absolute atomic E-state index is 0.0743. The van der Waals surface area contributed by atoms with E-state index in [2.05, 4.69) is 44.6 Å². The van der Waals surface area contributed by atoms with Gasteiger partial charge in [-0.3, -0.25) is 4.79 Å². The van der Waals surface area contributed by atoms with Gasteiger partial charge < -0.3 is 21.3 Å². The zero-order valence-electron chi connectivity index (χ0n) is 15.6. The first kappa shape index (κ1) is 18.2. The molecule has 1 saturated heterocycles. The summed E-state index contributed by atoms with van der Waals surface area (Å²) in [5, 5.41) is 6.41. The van der Waals surface area contributed by atoms with Crippen LogP contribution in [0.3, 0.4) is 0 Å². The second-order valence-corrected chi connectivity index (χ2v) is 8.74. The van der Waals surface area contributed by atoms with E-state index in [9.17, 15) is 4.79 Å². The van der Waals surface area contributed by atoms with Gasteiger partial charge in [-0.15, -0.1) is 11.3 Å². The van der Waals surface area contributed by atoms with Gasteiger partial charge in [0.15, 0.2) is 0 Å². The van der Waals surface area contributed by atoms with Gasteiger partial charge in [-0.25, -0.2) is 9.97 Å². The molecule has 2 aromatic heterocycles. The number of nitrogens with two attached hydrogens (primary N) is 1. The van der Waals surface area contributed by atoms with Crippen molar-refractivity contribution in [3.8, 4) is 0 Å². The molecular formula is C19H26N6OS. The SMILES string of the molecule is Cc1ccc(CNC(=O)C2(CN)CCN(c3ncnc4c3CCN4)CC2)s1. The summed E-state index contributed by atoms with van der Waals surface area (Å²) < 4.78 is 0. The molecule has 0 saturated carbocycles. The maximum atomic E-state index is 12.9. The molecule has 0 spiro atoms. The molecule has 1 fully saturated rings. The topological polar surface area (TPSA) is 96.2 Å². The van der Waals surface area contributed by atoms with Crippen LogP contribution in [0, 0.1) is 12.3 Å². The number of carbonyl (C=O) groups is 1. The highest BCUT2D eigenvalue weighted by Crippen LogP contribution is 2.35. The Kier molecular flexibility index (Phi) is 5.01. The van der Waals surface area contributed by atoms with Crippen LogP contribution >= 0.6 is 11.3 Å². The maximum absolute atomic E-state index is 12.9. The third-order valence-electron chi connectivity index (χ3n) is 5.70. The first-order chi connectivity index (χ1) is 13.1. The van der Waals surface area contributed by atoms with Crippen LogP contribution in [0.15, 0.2) is 18.5 Å². The van der Waals surface area contributed by atoms with Gasteiger partial charge in [0, 0.05) is 41.5 Å². The summed E-state index contributed by atoms with van der Waals surface area (Å²) in [4.78, 5) is 26.5. The number of nitrogens with zero attached hydrogens (tertiary/aromatic N) is 3. The minimum atomic E-state index is -0.489. The van der Waals surface area contributed by atoms with Crippen LogP contribution in [0.4, 0.5) is 11.6 Å². The number of piperidine rings is 1. The van der Waals surface area contributed by atoms with Gasteiger partial charge in [-0.1, -0.05) is 0 Å². The molecule has 4 rings (SSSR count). The lowest BCUT2D eigenvalue weighted by Gasteiger charge is -2.40.